The molecule has 0 aliphatic carbocycles. The van der Waals surface area contributed by atoms with Gasteiger partial charge in [-0.2, -0.15) is 0 Å². The third-order valence-electron chi connectivity index (χ3n) is 5.26. The van der Waals surface area contributed by atoms with Crippen molar-refractivity contribution < 1.29 is 28.3 Å². The summed E-state index contributed by atoms with van der Waals surface area (Å²) in [4.78, 5) is 42.9. The molecule has 0 radical (unpaired) electrons. The van der Waals surface area contributed by atoms with E-state index in [-0.39, 0.29) is 33.8 Å². The van der Waals surface area contributed by atoms with E-state index in [1.807, 2.05) is 19.9 Å². The van der Waals surface area contributed by atoms with Crippen molar-refractivity contribution in [3.8, 4) is 17.2 Å². The van der Waals surface area contributed by atoms with Crippen LogP contribution in [-0.4, -0.2) is 18.0 Å². The van der Waals surface area contributed by atoms with Crippen molar-refractivity contribution in [1.82, 2.24) is 5.48 Å². The fourth-order valence-electron chi connectivity index (χ4n) is 2.92. The van der Waals surface area contributed by atoms with Crippen LogP contribution in [0.1, 0.15) is 41.0 Å². The summed E-state index contributed by atoms with van der Waals surface area (Å²) in [5.74, 6) is -0.539. The number of hydrogen-bond acceptors (Lipinski definition) is 8. The van der Waals surface area contributed by atoms with E-state index in [4.69, 9.17) is 18.7 Å². The summed E-state index contributed by atoms with van der Waals surface area (Å²) in [7, 11) is 0. The van der Waals surface area contributed by atoms with Crippen LogP contribution < -0.4 is 20.4 Å². The van der Waals surface area contributed by atoms with Crippen molar-refractivity contribution in [3.63, 3.8) is 0 Å². The average molecular weight is 468 g/mol. The number of fused-ring (bicyclic) bond motifs is 1. The zero-order chi connectivity index (χ0) is 24.9. The molecule has 180 valence electrons. The SMILES string of the molecule is CC[C@H](C)[C@@H](NOC(=O)C(C)(C)C)C(=O)Oc1ccc2c(=O)c(Oc3ccccc3)coc2c1. The van der Waals surface area contributed by atoms with Gasteiger partial charge in [-0.15, -0.1) is 5.48 Å². The van der Waals surface area contributed by atoms with Crippen molar-refractivity contribution >= 4 is 22.9 Å². The maximum atomic E-state index is 12.8. The molecular weight excluding hydrogens is 438 g/mol. The average Bonchev–Trinajstić information content (AvgIpc) is 2.80. The molecule has 1 heterocycles. The summed E-state index contributed by atoms with van der Waals surface area (Å²) in [5, 5.41) is 0.281. The van der Waals surface area contributed by atoms with E-state index in [9.17, 15) is 14.4 Å². The zero-order valence-electron chi connectivity index (χ0n) is 19.9. The van der Waals surface area contributed by atoms with Gasteiger partial charge in [0.25, 0.3) is 0 Å². The molecule has 0 saturated carbocycles. The van der Waals surface area contributed by atoms with Gasteiger partial charge in [0.15, 0.2) is 0 Å². The topological polar surface area (TPSA) is 104 Å². The number of carbonyl (C=O) groups excluding carboxylic acids is 2. The first kappa shape index (κ1) is 25.0. The van der Waals surface area contributed by atoms with Crippen LogP contribution in [0.3, 0.4) is 0 Å². The van der Waals surface area contributed by atoms with Crippen LogP contribution in [0.4, 0.5) is 0 Å². The summed E-state index contributed by atoms with van der Waals surface area (Å²) in [6.45, 7) is 8.90. The molecule has 0 aliphatic rings. The number of esters is 1. The Morgan fingerprint density at radius 3 is 2.41 bits per heavy atom. The van der Waals surface area contributed by atoms with Gasteiger partial charge in [0.2, 0.25) is 11.2 Å². The number of ether oxygens (including phenoxy) is 2. The van der Waals surface area contributed by atoms with E-state index in [2.05, 4.69) is 5.48 Å². The number of nitrogens with one attached hydrogen (secondary N) is 1. The molecule has 34 heavy (non-hydrogen) atoms. The predicted molar refractivity (Wildman–Crippen MR) is 127 cm³/mol. The molecule has 1 N–H and O–H groups in total. The van der Waals surface area contributed by atoms with E-state index in [1.165, 1.54) is 24.5 Å². The highest BCUT2D eigenvalue weighted by Crippen LogP contribution is 2.25. The van der Waals surface area contributed by atoms with Crippen LogP contribution in [0.25, 0.3) is 11.0 Å². The Labute approximate surface area is 197 Å². The summed E-state index contributed by atoms with van der Waals surface area (Å²) >= 11 is 0. The van der Waals surface area contributed by atoms with Crippen LogP contribution in [0.2, 0.25) is 0 Å². The van der Waals surface area contributed by atoms with Gasteiger partial charge < -0.3 is 18.7 Å². The lowest BCUT2D eigenvalue weighted by Crippen LogP contribution is -2.46. The molecule has 3 aromatic rings. The minimum atomic E-state index is -0.874. The second-order valence-corrected chi connectivity index (χ2v) is 9.04. The molecule has 8 heteroatoms. The van der Waals surface area contributed by atoms with E-state index in [0.29, 0.717) is 12.2 Å². The van der Waals surface area contributed by atoms with Crippen LogP contribution in [-0.2, 0) is 14.4 Å². The number of benzene rings is 2. The highest BCUT2D eigenvalue weighted by atomic mass is 16.7. The summed E-state index contributed by atoms with van der Waals surface area (Å²) in [6, 6.07) is 12.5. The van der Waals surface area contributed by atoms with Crippen LogP contribution in [0, 0.1) is 11.3 Å². The highest BCUT2D eigenvalue weighted by Gasteiger charge is 2.30. The van der Waals surface area contributed by atoms with Gasteiger partial charge in [-0.3, -0.25) is 4.79 Å². The van der Waals surface area contributed by atoms with Crippen molar-refractivity contribution in [2.75, 3.05) is 0 Å². The molecule has 0 fully saturated rings. The van der Waals surface area contributed by atoms with E-state index in [0.717, 1.165) is 0 Å². The maximum absolute atomic E-state index is 12.8. The number of hydrogen-bond donors (Lipinski definition) is 1. The number of para-hydroxylation sites is 1. The van der Waals surface area contributed by atoms with Crippen LogP contribution >= 0.6 is 0 Å². The van der Waals surface area contributed by atoms with Gasteiger partial charge >= 0.3 is 11.9 Å². The second-order valence-electron chi connectivity index (χ2n) is 9.04. The Balaban J connectivity index is 1.77. The van der Waals surface area contributed by atoms with Crippen LogP contribution in [0.15, 0.2) is 64.0 Å². The monoisotopic (exact) mass is 467 g/mol. The highest BCUT2D eigenvalue weighted by molar-refractivity contribution is 5.83. The molecule has 2 aromatic carbocycles. The fraction of sp³-hybridized carbons (Fsp3) is 0.346. The first-order valence-corrected chi connectivity index (χ1v) is 11.1. The van der Waals surface area contributed by atoms with Gasteiger partial charge in [0.1, 0.15) is 29.4 Å². The van der Waals surface area contributed by atoms with E-state index < -0.39 is 23.4 Å². The maximum Gasteiger partial charge on any atom is 0.332 e. The van der Waals surface area contributed by atoms with Crippen LogP contribution in [0.5, 0.6) is 17.2 Å². The number of rotatable bonds is 8. The summed E-state index contributed by atoms with van der Waals surface area (Å²) in [5.41, 5.74) is 1.72. The molecule has 3 rings (SSSR count). The van der Waals surface area contributed by atoms with Crippen molar-refractivity contribution in [1.29, 1.82) is 0 Å². The predicted octanol–water partition coefficient (Wildman–Crippen LogP) is 5.00. The Hall–Kier alpha value is -3.65. The molecular formula is C26H29NO7. The molecule has 0 aliphatic heterocycles. The van der Waals surface area contributed by atoms with Gasteiger partial charge in [0, 0.05) is 6.07 Å². The fourth-order valence-corrected chi connectivity index (χ4v) is 2.92. The summed E-state index contributed by atoms with van der Waals surface area (Å²) < 4.78 is 16.7. The van der Waals surface area contributed by atoms with E-state index in [1.54, 1.807) is 45.0 Å². The molecule has 1 aromatic heterocycles. The molecule has 0 spiro atoms. The van der Waals surface area contributed by atoms with Crippen molar-refractivity contribution in [3.05, 3.63) is 65.0 Å². The van der Waals surface area contributed by atoms with Gasteiger partial charge in [-0.1, -0.05) is 38.5 Å². The first-order chi connectivity index (χ1) is 16.1. The Bertz CT molecular complexity index is 1210. The van der Waals surface area contributed by atoms with Gasteiger partial charge in [0.05, 0.1) is 10.8 Å². The van der Waals surface area contributed by atoms with Gasteiger partial charge in [-0.05, 0) is 51.0 Å². The summed E-state index contributed by atoms with van der Waals surface area (Å²) in [6.07, 6.45) is 1.87. The molecule has 0 bridgehead atoms. The lowest BCUT2D eigenvalue weighted by molar-refractivity contribution is -0.166. The molecule has 8 nitrogen and oxygen atoms in total. The first-order valence-electron chi connectivity index (χ1n) is 11.1. The molecule has 0 unspecified atom stereocenters. The Morgan fingerprint density at radius 2 is 1.76 bits per heavy atom. The van der Waals surface area contributed by atoms with Crippen molar-refractivity contribution in [2.24, 2.45) is 11.3 Å². The van der Waals surface area contributed by atoms with E-state index >= 15 is 0 Å². The Morgan fingerprint density at radius 1 is 1.06 bits per heavy atom. The molecule has 2 atom stereocenters. The molecule has 0 saturated heterocycles. The normalized spacial score (nSPS) is 13.2. The van der Waals surface area contributed by atoms with Crippen molar-refractivity contribution in [2.45, 2.75) is 47.1 Å². The minimum Gasteiger partial charge on any atom is -0.460 e. The largest absolute Gasteiger partial charge is 0.460 e. The lowest BCUT2D eigenvalue weighted by atomic mass is 9.97. The number of carbonyl (C=O) groups is 2. The van der Waals surface area contributed by atoms with Gasteiger partial charge in [-0.25, -0.2) is 9.59 Å². The third-order valence-corrected chi connectivity index (χ3v) is 5.26. The molecule has 0 amide bonds. The number of hydroxylamine groups is 1. The second kappa shape index (κ2) is 10.5. The standard InChI is InChI=1S/C26H29NO7/c1-6-16(2)22(27-34-25(30)26(3,4)5)24(29)33-18-12-13-19-20(14-18)31-15-21(23(19)28)32-17-10-8-7-9-11-17/h7-16,22,27H,6H2,1-5H3/t16-,22+/m0/s1. The quantitative estimate of drug-likeness (QED) is 0.280. The Kier molecular flexibility index (Phi) is 7.73. The zero-order valence-corrected chi connectivity index (χ0v) is 19.9. The lowest BCUT2D eigenvalue weighted by Gasteiger charge is -2.24. The minimum absolute atomic E-state index is 0.0464. The third kappa shape index (κ3) is 6.02. The smallest absolute Gasteiger partial charge is 0.332 e.